The number of benzene rings is 1. The Morgan fingerprint density at radius 2 is 2.04 bits per heavy atom. The molecule has 0 saturated carbocycles. The van der Waals surface area contributed by atoms with E-state index in [1.807, 2.05) is 18.2 Å². The lowest BCUT2D eigenvalue weighted by Crippen LogP contribution is -2.25. The van der Waals surface area contributed by atoms with Crippen LogP contribution in [0.3, 0.4) is 0 Å². The zero-order valence-electron chi connectivity index (χ0n) is 15.4. The van der Waals surface area contributed by atoms with E-state index < -0.39 is 0 Å². The Balaban J connectivity index is 1.46. The summed E-state index contributed by atoms with van der Waals surface area (Å²) >= 11 is 0. The summed E-state index contributed by atoms with van der Waals surface area (Å²) in [7, 11) is 0. The molecule has 0 atom stereocenters. The average molecular weight is 349 g/mol. The summed E-state index contributed by atoms with van der Waals surface area (Å²) in [5.74, 6) is -0.105. The van der Waals surface area contributed by atoms with Crippen LogP contribution in [0.25, 0.3) is 0 Å². The molecule has 0 unspecified atom stereocenters. The Morgan fingerprint density at radius 1 is 1.15 bits per heavy atom. The van der Waals surface area contributed by atoms with Gasteiger partial charge in [0.25, 0.3) is 5.91 Å². The first-order chi connectivity index (χ1) is 12.7. The van der Waals surface area contributed by atoms with E-state index in [9.17, 15) is 4.79 Å². The summed E-state index contributed by atoms with van der Waals surface area (Å²) in [6.45, 7) is 3.53. The monoisotopic (exact) mass is 349 g/mol. The first-order valence-corrected chi connectivity index (χ1v) is 9.43. The van der Waals surface area contributed by atoms with Crippen LogP contribution >= 0.6 is 0 Å². The standard InChI is InChI=1S/C22H27N3O/c1-17-7-5-6-10-19(17)15-24-20-11-12-21(25-16-20)22(26)23-14-13-18-8-3-2-4-9-18/h5-8,10-12,16,24H,2-4,9,13-15H2,1H3,(H,23,26). The highest BCUT2D eigenvalue weighted by molar-refractivity contribution is 5.92. The Labute approximate surface area is 155 Å². The molecule has 0 fully saturated rings. The van der Waals surface area contributed by atoms with E-state index in [0.29, 0.717) is 12.2 Å². The van der Waals surface area contributed by atoms with E-state index >= 15 is 0 Å². The van der Waals surface area contributed by atoms with Gasteiger partial charge >= 0.3 is 0 Å². The number of aromatic nitrogens is 1. The molecule has 26 heavy (non-hydrogen) atoms. The van der Waals surface area contributed by atoms with Gasteiger partial charge in [-0.05, 0) is 62.3 Å². The molecule has 4 heteroatoms. The summed E-state index contributed by atoms with van der Waals surface area (Å²) in [5.41, 5.74) is 5.37. The highest BCUT2D eigenvalue weighted by Gasteiger charge is 2.08. The van der Waals surface area contributed by atoms with Crippen LogP contribution in [0.2, 0.25) is 0 Å². The molecule has 0 radical (unpaired) electrons. The number of nitrogens with one attached hydrogen (secondary N) is 2. The van der Waals surface area contributed by atoms with Crippen molar-refractivity contribution >= 4 is 11.6 Å². The number of carbonyl (C=O) groups excluding carboxylic acids is 1. The zero-order valence-corrected chi connectivity index (χ0v) is 15.4. The van der Waals surface area contributed by atoms with Gasteiger partial charge in [-0.25, -0.2) is 4.98 Å². The number of hydrogen-bond acceptors (Lipinski definition) is 3. The molecular weight excluding hydrogens is 322 g/mol. The van der Waals surface area contributed by atoms with Gasteiger partial charge in [0.05, 0.1) is 11.9 Å². The third kappa shape index (κ3) is 5.19. The molecule has 1 aliphatic carbocycles. The first-order valence-electron chi connectivity index (χ1n) is 9.43. The molecule has 2 aromatic rings. The van der Waals surface area contributed by atoms with Crippen LogP contribution in [-0.2, 0) is 6.54 Å². The van der Waals surface area contributed by atoms with Crippen LogP contribution in [0, 0.1) is 6.92 Å². The third-order valence-electron chi connectivity index (χ3n) is 4.86. The second kappa shape index (κ2) is 9.18. The molecule has 1 amide bonds. The molecule has 2 N–H and O–H groups in total. The third-order valence-corrected chi connectivity index (χ3v) is 4.86. The average Bonchev–Trinajstić information content (AvgIpc) is 2.68. The normalized spacial score (nSPS) is 13.8. The minimum absolute atomic E-state index is 0.105. The molecule has 0 spiro atoms. The maximum atomic E-state index is 12.2. The maximum absolute atomic E-state index is 12.2. The molecule has 1 aromatic carbocycles. The molecule has 1 aromatic heterocycles. The first kappa shape index (κ1) is 18.2. The predicted octanol–water partition coefficient (Wildman–Crippen LogP) is 4.62. The summed E-state index contributed by atoms with van der Waals surface area (Å²) in [6.07, 6.45) is 9.92. The fourth-order valence-corrected chi connectivity index (χ4v) is 3.20. The zero-order chi connectivity index (χ0) is 18.2. The van der Waals surface area contributed by atoms with Crippen LogP contribution < -0.4 is 10.6 Å². The quantitative estimate of drug-likeness (QED) is 0.717. The summed E-state index contributed by atoms with van der Waals surface area (Å²) in [4.78, 5) is 16.5. The van der Waals surface area contributed by atoms with E-state index in [2.05, 4.69) is 40.8 Å². The molecular formula is C22H27N3O. The van der Waals surface area contributed by atoms with E-state index in [1.165, 1.54) is 42.4 Å². The number of carbonyl (C=O) groups is 1. The number of rotatable bonds is 7. The van der Waals surface area contributed by atoms with Crippen molar-refractivity contribution in [3.63, 3.8) is 0 Å². The second-order valence-corrected chi connectivity index (χ2v) is 6.83. The lowest BCUT2D eigenvalue weighted by atomic mass is 9.97. The van der Waals surface area contributed by atoms with Gasteiger partial charge in [-0.15, -0.1) is 0 Å². The maximum Gasteiger partial charge on any atom is 0.269 e. The van der Waals surface area contributed by atoms with Gasteiger partial charge in [-0.3, -0.25) is 4.79 Å². The summed E-state index contributed by atoms with van der Waals surface area (Å²) < 4.78 is 0. The van der Waals surface area contributed by atoms with Gasteiger partial charge in [0.2, 0.25) is 0 Å². The number of anilines is 1. The van der Waals surface area contributed by atoms with Crippen molar-refractivity contribution < 1.29 is 4.79 Å². The van der Waals surface area contributed by atoms with Crippen LogP contribution in [0.1, 0.15) is 53.7 Å². The molecule has 136 valence electrons. The highest BCUT2D eigenvalue weighted by atomic mass is 16.1. The number of allylic oxidation sites excluding steroid dienone is 1. The number of aryl methyl sites for hydroxylation is 1. The Kier molecular flexibility index (Phi) is 6.42. The minimum Gasteiger partial charge on any atom is -0.380 e. The van der Waals surface area contributed by atoms with Crippen LogP contribution in [-0.4, -0.2) is 17.4 Å². The Hall–Kier alpha value is -2.62. The fourth-order valence-electron chi connectivity index (χ4n) is 3.20. The Bertz CT molecular complexity index is 765. The minimum atomic E-state index is -0.105. The number of hydrogen-bond donors (Lipinski definition) is 2. The number of amides is 1. The van der Waals surface area contributed by atoms with Crippen molar-refractivity contribution in [1.82, 2.24) is 10.3 Å². The fraction of sp³-hybridized carbons (Fsp3) is 0.364. The van der Waals surface area contributed by atoms with E-state index in [0.717, 1.165) is 18.7 Å². The van der Waals surface area contributed by atoms with Crippen molar-refractivity contribution in [3.8, 4) is 0 Å². The largest absolute Gasteiger partial charge is 0.380 e. The van der Waals surface area contributed by atoms with Crippen molar-refractivity contribution in [1.29, 1.82) is 0 Å². The van der Waals surface area contributed by atoms with Gasteiger partial charge in [0, 0.05) is 13.1 Å². The smallest absolute Gasteiger partial charge is 0.269 e. The van der Waals surface area contributed by atoms with Crippen LogP contribution in [0.5, 0.6) is 0 Å². The molecule has 3 rings (SSSR count). The Morgan fingerprint density at radius 3 is 2.77 bits per heavy atom. The van der Waals surface area contributed by atoms with E-state index in [1.54, 1.807) is 12.3 Å². The molecule has 0 bridgehead atoms. The number of nitrogens with zero attached hydrogens (tertiary/aromatic N) is 1. The van der Waals surface area contributed by atoms with Crippen molar-refractivity contribution in [3.05, 3.63) is 71.1 Å². The summed E-state index contributed by atoms with van der Waals surface area (Å²) in [5, 5.41) is 6.32. The van der Waals surface area contributed by atoms with Crippen LogP contribution in [0.4, 0.5) is 5.69 Å². The second-order valence-electron chi connectivity index (χ2n) is 6.83. The van der Waals surface area contributed by atoms with Gasteiger partial charge < -0.3 is 10.6 Å². The van der Waals surface area contributed by atoms with Gasteiger partial charge in [-0.2, -0.15) is 0 Å². The molecule has 1 aliphatic rings. The molecule has 0 saturated heterocycles. The lowest BCUT2D eigenvalue weighted by Gasteiger charge is -2.13. The summed E-state index contributed by atoms with van der Waals surface area (Å²) in [6, 6.07) is 12.0. The number of pyridine rings is 1. The topological polar surface area (TPSA) is 54.0 Å². The van der Waals surface area contributed by atoms with E-state index in [4.69, 9.17) is 0 Å². The SMILES string of the molecule is Cc1ccccc1CNc1ccc(C(=O)NCCC2=CCCCC2)nc1. The van der Waals surface area contributed by atoms with Crippen LogP contribution in [0.15, 0.2) is 54.2 Å². The van der Waals surface area contributed by atoms with Crippen molar-refractivity contribution in [2.45, 2.75) is 45.6 Å². The van der Waals surface area contributed by atoms with Gasteiger partial charge in [-0.1, -0.05) is 35.9 Å². The predicted molar refractivity (Wildman–Crippen MR) is 106 cm³/mol. The lowest BCUT2D eigenvalue weighted by molar-refractivity contribution is 0.0949. The molecule has 0 aliphatic heterocycles. The van der Waals surface area contributed by atoms with Gasteiger partial charge in [0.1, 0.15) is 5.69 Å². The van der Waals surface area contributed by atoms with E-state index in [-0.39, 0.29) is 5.91 Å². The van der Waals surface area contributed by atoms with Crippen molar-refractivity contribution in [2.24, 2.45) is 0 Å². The highest BCUT2D eigenvalue weighted by Crippen LogP contribution is 2.19. The van der Waals surface area contributed by atoms with Crippen molar-refractivity contribution in [2.75, 3.05) is 11.9 Å². The molecule has 4 nitrogen and oxygen atoms in total. The molecule has 1 heterocycles. The van der Waals surface area contributed by atoms with Gasteiger partial charge in [0.15, 0.2) is 0 Å².